The standard InChI is InChI=1S/C27H43NO3/c1-15-4-7-25-27(3,31)21-6-5-17-18(20(21)14-28(25)13-15)11-22-19(17)12-24(30)23-10-16(29)8-9-26(22,23)2/h15-23,25,29,31H,4-14H2,1-3H3/t15-,16+,17-,18+,19-,20+,21-,22-,23-,25+,26-,27+/m1/s1. The first-order chi connectivity index (χ1) is 14.7. The molecule has 6 rings (SSSR count). The van der Waals surface area contributed by atoms with Crippen LogP contribution >= 0.6 is 0 Å². The topological polar surface area (TPSA) is 60.8 Å². The molecule has 6 fully saturated rings. The molecule has 2 saturated heterocycles. The van der Waals surface area contributed by atoms with Gasteiger partial charge in [-0.05, 0) is 105 Å². The van der Waals surface area contributed by atoms with Crippen LogP contribution in [0.15, 0.2) is 0 Å². The van der Waals surface area contributed by atoms with Crippen molar-refractivity contribution in [3.63, 3.8) is 0 Å². The van der Waals surface area contributed by atoms with Crippen LogP contribution in [-0.4, -0.2) is 51.7 Å². The largest absolute Gasteiger partial charge is 0.393 e. The van der Waals surface area contributed by atoms with Gasteiger partial charge in [0.25, 0.3) is 0 Å². The molecule has 2 aliphatic heterocycles. The Bertz CT molecular complexity index is 751. The highest BCUT2D eigenvalue weighted by Gasteiger charge is 2.64. The van der Waals surface area contributed by atoms with Gasteiger partial charge in [-0.15, -0.1) is 0 Å². The number of carbonyl (C=O) groups is 1. The Morgan fingerprint density at radius 2 is 1.71 bits per heavy atom. The molecule has 0 radical (unpaired) electrons. The van der Waals surface area contributed by atoms with Crippen molar-refractivity contribution >= 4 is 5.78 Å². The van der Waals surface area contributed by atoms with Gasteiger partial charge in [-0.1, -0.05) is 13.8 Å². The number of Topliss-reactive ketones (excluding diaryl/α,β-unsaturated/α-hetero) is 1. The van der Waals surface area contributed by atoms with Crippen LogP contribution in [0.4, 0.5) is 0 Å². The lowest BCUT2D eigenvalue weighted by molar-refractivity contribution is -0.175. The molecule has 4 saturated carbocycles. The van der Waals surface area contributed by atoms with E-state index in [4.69, 9.17) is 0 Å². The van der Waals surface area contributed by atoms with E-state index in [1.54, 1.807) is 0 Å². The molecule has 0 unspecified atom stereocenters. The first-order valence-electron chi connectivity index (χ1n) is 13.4. The molecule has 0 amide bonds. The van der Waals surface area contributed by atoms with Crippen LogP contribution in [0.5, 0.6) is 0 Å². The molecule has 2 N–H and O–H groups in total. The van der Waals surface area contributed by atoms with Crippen LogP contribution in [0.3, 0.4) is 0 Å². The van der Waals surface area contributed by atoms with E-state index in [1.165, 1.54) is 25.8 Å². The summed E-state index contributed by atoms with van der Waals surface area (Å²) >= 11 is 0. The van der Waals surface area contributed by atoms with Crippen LogP contribution in [0, 0.1) is 52.8 Å². The number of fused-ring (bicyclic) bond motifs is 8. The predicted molar refractivity (Wildman–Crippen MR) is 120 cm³/mol. The highest BCUT2D eigenvalue weighted by molar-refractivity contribution is 5.83. The number of hydrogen-bond acceptors (Lipinski definition) is 4. The minimum atomic E-state index is -0.570. The first-order valence-corrected chi connectivity index (χ1v) is 13.4. The van der Waals surface area contributed by atoms with Crippen molar-refractivity contribution in [2.24, 2.45) is 52.8 Å². The second-order valence-electron chi connectivity index (χ2n) is 13.2. The number of nitrogens with zero attached hydrogens (tertiary/aromatic N) is 1. The lowest BCUT2D eigenvalue weighted by atomic mass is 9.51. The number of piperidine rings is 2. The number of carbonyl (C=O) groups excluding carboxylic acids is 1. The summed E-state index contributed by atoms with van der Waals surface area (Å²) in [6, 6.07) is 0.341. The van der Waals surface area contributed by atoms with E-state index in [-0.39, 0.29) is 17.4 Å². The van der Waals surface area contributed by atoms with E-state index in [0.717, 1.165) is 44.6 Å². The molecule has 0 aromatic rings. The van der Waals surface area contributed by atoms with Gasteiger partial charge in [0.2, 0.25) is 0 Å². The average Bonchev–Trinajstić information content (AvgIpc) is 3.09. The summed E-state index contributed by atoms with van der Waals surface area (Å²) in [6.45, 7) is 9.23. The Kier molecular flexibility index (Phi) is 4.78. The summed E-state index contributed by atoms with van der Waals surface area (Å²) in [7, 11) is 0. The smallest absolute Gasteiger partial charge is 0.136 e. The van der Waals surface area contributed by atoms with E-state index in [0.29, 0.717) is 53.8 Å². The minimum Gasteiger partial charge on any atom is -0.393 e. The van der Waals surface area contributed by atoms with Crippen LogP contribution in [0.2, 0.25) is 0 Å². The Labute approximate surface area is 188 Å². The highest BCUT2D eigenvalue weighted by Crippen LogP contribution is 2.66. The first kappa shape index (κ1) is 21.1. The molecule has 0 bridgehead atoms. The molecule has 0 aromatic carbocycles. The summed E-state index contributed by atoms with van der Waals surface area (Å²) in [5, 5.41) is 22.1. The fourth-order valence-corrected chi connectivity index (χ4v) is 10.4. The Morgan fingerprint density at radius 1 is 0.903 bits per heavy atom. The molecule has 4 aliphatic carbocycles. The monoisotopic (exact) mass is 429 g/mol. The third-order valence-electron chi connectivity index (χ3n) is 11.8. The van der Waals surface area contributed by atoms with Crippen molar-refractivity contribution in [3.05, 3.63) is 0 Å². The quantitative estimate of drug-likeness (QED) is 0.613. The summed E-state index contributed by atoms with van der Waals surface area (Å²) in [5.41, 5.74) is -0.482. The lowest BCUT2D eigenvalue weighted by Gasteiger charge is -2.59. The van der Waals surface area contributed by atoms with E-state index < -0.39 is 5.60 Å². The zero-order valence-corrected chi connectivity index (χ0v) is 19.8. The van der Waals surface area contributed by atoms with Gasteiger partial charge >= 0.3 is 0 Å². The molecule has 31 heavy (non-hydrogen) atoms. The van der Waals surface area contributed by atoms with Gasteiger partial charge in [-0.25, -0.2) is 0 Å². The fraction of sp³-hybridized carbons (Fsp3) is 0.963. The third kappa shape index (κ3) is 2.93. The van der Waals surface area contributed by atoms with Crippen LogP contribution in [0.25, 0.3) is 0 Å². The van der Waals surface area contributed by atoms with Gasteiger partial charge in [0.15, 0.2) is 0 Å². The Morgan fingerprint density at radius 3 is 2.52 bits per heavy atom. The summed E-state index contributed by atoms with van der Waals surface area (Å²) in [4.78, 5) is 15.9. The number of aliphatic hydroxyl groups is 2. The Balaban J connectivity index is 1.31. The minimum absolute atomic E-state index is 0.0789. The molecular weight excluding hydrogens is 386 g/mol. The molecule has 4 heteroatoms. The normalized spacial score (nSPS) is 59.2. The summed E-state index contributed by atoms with van der Waals surface area (Å²) in [6.07, 6.45) is 9.08. The number of hydrogen-bond donors (Lipinski definition) is 2. The SMILES string of the molecule is C[C@@H]1CC[C@@H]2N(C1)C[C@H]1[C@H]3C[C@@H]4[C@H](CC(=O)[C@H]5C[C@@H](O)CC[C@@]54C)[C@@H]3CC[C@H]1[C@]2(C)O. The van der Waals surface area contributed by atoms with Crippen molar-refractivity contribution in [1.82, 2.24) is 4.90 Å². The van der Waals surface area contributed by atoms with Gasteiger partial charge in [0, 0.05) is 31.5 Å². The molecule has 0 spiro atoms. The maximum Gasteiger partial charge on any atom is 0.136 e. The number of ketones is 1. The second-order valence-corrected chi connectivity index (χ2v) is 13.2. The molecule has 0 aromatic heterocycles. The van der Waals surface area contributed by atoms with Gasteiger partial charge in [0.05, 0.1) is 11.7 Å². The fourth-order valence-electron chi connectivity index (χ4n) is 10.4. The van der Waals surface area contributed by atoms with E-state index in [2.05, 4.69) is 25.7 Å². The Hall–Kier alpha value is -0.450. The molecule has 12 atom stereocenters. The number of rotatable bonds is 0. The van der Waals surface area contributed by atoms with E-state index >= 15 is 0 Å². The second kappa shape index (κ2) is 7.03. The van der Waals surface area contributed by atoms with Gasteiger partial charge in [0.1, 0.15) is 5.78 Å². The third-order valence-corrected chi connectivity index (χ3v) is 11.8. The van der Waals surface area contributed by atoms with Crippen LogP contribution in [0.1, 0.15) is 78.6 Å². The van der Waals surface area contributed by atoms with Crippen molar-refractivity contribution < 1.29 is 15.0 Å². The molecule has 2 heterocycles. The maximum absolute atomic E-state index is 13.2. The van der Waals surface area contributed by atoms with Crippen molar-refractivity contribution in [3.8, 4) is 0 Å². The summed E-state index contributed by atoms with van der Waals surface area (Å²) < 4.78 is 0. The number of aliphatic hydroxyl groups excluding tert-OH is 1. The summed E-state index contributed by atoms with van der Waals surface area (Å²) in [5.74, 6) is 4.82. The zero-order chi connectivity index (χ0) is 21.7. The predicted octanol–water partition coefficient (Wildman–Crippen LogP) is 3.89. The van der Waals surface area contributed by atoms with Gasteiger partial charge in [-0.2, -0.15) is 0 Å². The van der Waals surface area contributed by atoms with Crippen molar-refractivity contribution in [1.29, 1.82) is 0 Å². The van der Waals surface area contributed by atoms with E-state index in [9.17, 15) is 15.0 Å². The van der Waals surface area contributed by atoms with Crippen LogP contribution < -0.4 is 0 Å². The highest BCUT2D eigenvalue weighted by atomic mass is 16.3. The zero-order valence-electron chi connectivity index (χ0n) is 19.8. The molecule has 4 nitrogen and oxygen atoms in total. The molecular formula is C27H43NO3. The molecule has 6 aliphatic rings. The lowest BCUT2D eigenvalue weighted by Crippen LogP contribution is -2.67. The van der Waals surface area contributed by atoms with E-state index in [1.807, 2.05) is 0 Å². The molecule has 174 valence electrons. The average molecular weight is 430 g/mol. The van der Waals surface area contributed by atoms with Gasteiger partial charge < -0.3 is 10.2 Å². The van der Waals surface area contributed by atoms with Gasteiger partial charge in [-0.3, -0.25) is 9.69 Å². The van der Waals surface area contributed by atoms with Crippen molar-refractivity contribution in [2.45, 2.75) is 96.3 Å². The van der Waals surface area contributed by atoms with Crippen LogP contribution in [-0.2, 0) is 4.79 Å². The maximum atomic E-state index is 13.2. The van der Waals surface area contributed by atoms with Crippen molar-refractivity contribution in [2.75, 3.05) is 13.1 Å².